The van der Waals surface area contributed by atoms with E-state index in [0.717, 1.165) is 22.6 Å². The van der Waals surface area contributed by atoms with Gasteiger partial charge in [0.25, 0.3) is 0 Å². The lowest BCUT2D eigenvalue weighted by molar-refractivity contribution is 0.182. The third kappa shape index (κ3) is 2.90. The summed E-state index contributed by atoms with van der Waals surface area (Å²) < 4.78 is 13.3. The summed E-state index contributed by atoms with van der Waals surface area (Å²) in [5.41, 5.74) is 11.4. The third-order valence-corrected chi connectivity index (χ3v) is 5.08. The second-order valence-electron chi connectivity index (χ2n) is 6.25. The standard InChI is InChI=1S/C17H17FN6OS/c1-9-4-14-11(16(23-22-14)15-7-26-8-20-15)6-24(9)17(25)21-10-2-3-12(18)13(19)5-10/h2-3,5,7-9H,4,6,19H2,1H3,(H,21,25)(H,22,23). The summed E-state index contributed by atoms with van der Waals surface area (Å²) in [7, 11) is 0. The number of nitrogens with two attached hydrogens (primary N) is 1. The zero-order chi connectivity index (χ0) is 18.3. The first-order chi connectivity index (χ1) is 12.5. The molecule has 1 unspecified atom stereocenters. The monoisotopic (exact) mass is 372 g/mol. The molecule has 0 radical (unpaired) electrons. The molecule has 2 aromatic heterocycles. The van der Waals surface area contributed by atoms with Crippen LogP contribution in [0, 0.1) is 5.82 Å². The van der Waals surface area contributed by atoms with Crippen molar-refractivity contribution >= 4 is 28.7 Å². The number of aromatic nitrogens is 3. The normalized spacial score (nSPS) is 16.4. The minimum Gasteiger partial charge on any atom is -0.396 e. The van der Waals surface area contributed by atoms with Gasteiger partial charge in [-0.05, 0) is 25.1 Å². The van der Waals surface area contributed by atoms with E-state index in [1.54, 1.807) is 10.4 Å². The molecule has 0 spiro atoms. The highest BCUT2D eigenvalue weighted by Crippen LogP contribution is 2.30. The van der Waals surface area contributed by atoms with Crippen molar-refractivity contribution in [2.45, 2.75) is 25.9 Å². The molecule has 4 rings (SSSR count). The number of aromatic amines is 1. The largest absolute Gasteiger partial charge is 0.396 e. The summed E-state index contributed by atoms with van der Waals surface area (Å²) in [6, 6.07) is 3.86. The van der Waals surface area contributed by atoms with Crippen LogP contribution in [0.4, 0.5) is 20.6 Å². The van der Waals surface area contributed by atoms with Gasteiger partial charge in [0.2, 0.25) is 0 Å². The molecule has 0 bridgehead atoms. The van der Waals surface area contributed by atoms with Crippen molar-refractivity contribution in [3.8, 4) is 11.4 Å². The smallest absolute Gasteiger partial charge is 0.322 e. The number of urea groups is 1. The number of benzene rings is 1. The summed E-state index contributed by atoms with van der Waals surface area (Å²) in [6.45, 7) is 2.40. The van der Waals surface area contributed by atoms with Gasteiger partial charge >= 0.3 is 6.03 Å². The number of carbonyl (C=O) groups excluding carboxylic acids is 1. The fraction of sp³-hybridized carbons (Fsp3) is 0.235. The fourth-order valence-electron chi connectivity index (χ4n) is 3.10. The molecule has 1 aromatic carbocycles. The number of amides is 2. The molecule has 1 aliphatic heterocycles. The van der Waals surface area contributed by atoms with Crippen LogP contribution in [-0.2, 0) is 13.0 Å². The Morgan fingerprint density at radius 1 is 1.50 bits per heavy atom. The van der Waals surface area contributed by atoms with Gasteiger partial charge in [-0.3, -0.25) is 5.10 Å². The second-order valence-corrected chi connectivity index (χ2v) is 6.97. The molecule has 134 valence electrons. The number of anilines is 2. The number of H-pyrrole nitrogens is 1. The molecule has 1 atom stereocenters. The van der Waals surface area contributed by atoms with E-state index in [1.165, 1.54) is 29.5 Å². The van der Waals surface area contributed by atoms with E-state index in [0.29, 0.717) is 18.7 Å². The SMILES string of the molecule is CC1Cc2[nH]nc(-c3cscn3)c2CN1C(=O)Nc1ccc(F)c(N)c1. The Balaban J connectivity index is 1.57. The Hall–Kier alpha value is -2.94. The topological polar surface area (TPSA) is 99.9 Å². The van der Waals surface area contributed by atoms with Crippen molar-refractivity contribution in [3.05, 3.63) is 46.2 Å². The van der Waals surface area contributed by atoms with Crippen LogP contribution in [0.5, 0.6) is 0 Å². The quantitative estimate of drug-likeness (QED) is 0.601. The molecule has 4 N–H and O–H groups in total. The maximum atomic E-state index is 13.3. The average molecular weight is 372 g/mol. The van der Waals surface area contributed by atoms with E-state index < -0.39 is 5.82 Å². The number of nitrogens with one attached hydrogen (secondary N) is 2. The molecule has 1 aliphatic rings. The molecule has 26 heavy (non-hydrogen) atoms. The van der Waals surface area contributed by atoms with Gasteiger partial charge in [-0.25, -0.2) is 14.2 Å². The number of rotatable bonds is 2. The lowest BCUT2D eigenvalue weighted by Gasteiger charge is -2.33. The summed E-state index contributed by atoms with van der Waals surface area (Å²) in [4.78, 5) is 18.8. The molecule has 7 nitrogen and oxygen atoms in total. The Morgan fingerprint density at radius 2 is 2.35 bits per heavy atom. The summed E-state index contributed by atoms with van der Waals surface area (Å²) in [5.74, 6) is -0.509. The summed E-state index contributed by atoms with van der Waals surface area (Å²) in [5, 5.41) is 12.2. The first-order valence-corrected chi connectivity index (χ1v) is 9.04. The van der Waals surface area contributed by atoms with Crippen molar-refractivity contribution in [2.24, 2.45) is 0 Å². The number of nitrogen functional groups attached to an aromatic ring is 1. The number of halogens is 1. The van der Waals surface area contributed by atoms with Crippen molar-refractivity contribution in [3.63, 3.8) is 0 Å². The number of thiazole rings is 1. The maximum absolute atomic E-state index is 13.3. The van der Waals surface area contributed by atoms with Gasteiger partial charge < -0.3 is 16.0 Å². The van der Waals surface area contributed by atoms with Crippen LogP contribution in [0.15, 0.2) is 29.1 Å². The highest BCUT2D eigenvalue weighted by atomic mass is 32.1. The predicted molar refractivity (Wildman–Crippen MR) is 98.2 cm³/mol. The number of hydrogen-bond donors (Lipinski definition) is 3. The Bertz CT molecular complexity index is 954. The Labute approximate surface area is 153 Å². The van der Waals surface area contributed by atoms with Crippen LogP contribution < -0.4 is 11.1 Å². The molecule has 0 saturated heterocycles. The van der Waals surface area contributed by atoms with Crippen LogP contribution in [0.25, 0.3) is 11.4 Å². The minimum atomic E-state index is -0.509. The second kappa shape index (κ2) is 6.41. The van der Waals surface area contributed by atoms with Crippen LogP contribution in [0.3, 0.4) is 0 Å². The van der Waals surface area contributed by atoms with Gasteiger partial charge in [0.15, 0.2) is 0 Å². The lowest BCUT2D eigenvalue weighted by atomic mass is 9.99. The third-order valence-electron chi connectivity index (χ3n) is 4.50. The summed E-state index contributed by atoms with van der Waals surface area (Å²) >= 11 is 1.50. The molecule has 9 heteroatoms. The highest BCUT2D eigenvalue weighted by Gasteiger charge is 2.31. The Morgan fingerprint density at radius 3 is 3.08 bits per heavy atom. The first kappa shape index (κ1) is 16.5. The van der Waals surface area contributed by atoms with Crippen molar-refractivity contribution in [2.75, 3.05) is 11.1 Å². The van der Waals surface area contributed by atoms with Crippen molar-refractivity contribution < 1.29 is 9.18 Å². The van der Waals surface area contributed by atoms with Crippen LogP contribution in [0.1, 0.15) is 18.2 Å². The first-order valence-electron chi connectivity index (χ1n) is 8.10. The number of hydrogen-bond acceptors (Lipinski definition) is 5. The predicted octanol–water partition coefficient (Wildman–Crippen LogP) is 3.23. The zero-order valence-corrected chi connectivity index (χ0v) is 14.8. The van der Waals surface area contributed by atoms with Crippen molar-refractivity contribution in [1.29, 1.82) is 0 Å². The van der Waals surface area contributed by atoms with Crippen LogP contribution in [0.2, 0.25) is 0 Å². The highest BCUT2D eigenvalue weighted by molar-refractivity contribution is 7.07. The van der Waals surface area contributed by atoms with Gasteiger partial charge in [0.1, 0.15) is 17.2 Å². The number of nitrogens with zero attached hydrogens (tertiary/aromatic N) is 3. The van der Waals surface area contributed by atoms with E-state index >= 15 is 0 Å². The molecule has 0 aliphatic carbocycles. The van der Waals surface area contributed by atoms with Crippen LogP contribution >= 0.6 is 11.3 Å². The molecular formula is C17H17FN6OS. The van der Waals surface area contributed by atoms with E-state index in [2.05, 4.69) is 20.5 Å². The summed E-state index contributed by atoms with van der Waals surface area (Å²) in [6.07, 6.45) is 0.672. The maximum Gasteiger partial charge on any atom is 0.322 e. The molecule has 3 heterocycles. The van der Waals surface area contributed by atoms with E-state index in [4.69, 9.17) is 5.73 Å². The Kier molecular flexibility index (Phi) is 4.08. The molecule has 0 fully saturated rings. The van der Waals surface area contributed by atoms with E-state index in [-0.39, 0.29) is 17.8 Å². The van der Waals surface area contributed by atoms with E-state index in [1.807, 2.05) is 12.3 Å². The molecule has 3 aromatic rings. The minimum absolute atomic E-state index is 0.00238. The lowest BCUT2D eigenvalue weighted by Crippen LogP contribution is -2.44. The number of carbonyl (C=O) groups is 1. The van der Waals surface area contributed by atoms with Crippen molar-refractivity contribution in [1.82, 2.24) is 20.1 Å². The number of fused-ring (bicyclic) bond motifs is 1. The van der Waals surface area contributed by atoms with Gasteiger partial charge in [-0.2, -0.15) is 5.10 Å². The fourth-order valence-corrected chi connectivity index (χ4v) is 3.64. The zero-order valence-electron chi connectivity index (χ0n) is 14.0. The van der Waals surface area contributed by atoms with Gasteiger partial charge in [0.05, 0.1) is 17.7 Å². The van der Waals surface area contributed by atoms with Gasteiger partial charge in [-0.15, -0.1) is 11.3 Å². The van der Waals surface area contributed by atoms with Gasteiger partial charge in [0, 0.05) is 34.8 Å². The molecular weight excluding hydrogens is 355 g/mol. The average Bonchev–Trinajstić information content (AvgIpc) is 3.26. The van der Waals surface area contributed by atoms with Crippen LogP contribution in [-0.4, -0.2) is 32.2 Å². The molecule has 2 amide bonds. The van der Waals surface area contributed by atoms with E-state index in [9.17, 15) is 9.18 Å². The molecule has 0 saturated carbocycles. The van der Waals surface area contributed by atoms with Gasteiger partial charge in [-0.1, -0.05) is 0 Å².